The van der Waals surface area contributed by atoms with Gasteiger partial charge >= 0.3 is 5.97 Å². The summed E-state index contributed by atoms with van der Waals surface area (Å²) < 4.78 is 5.03. The number of ether oxygens (including phenoxy) is 1. The number of aromatic carboxylic acids is 1. The van der Waals surface area contributed by atoms with E-state index in [2.05, 4.69) is 11.6 Å². The van der Waals surface area contributed by atoms with Crippen LogP contribution in [0.1, 0.15) is 35.5 Å². The number of carboxylic acid groups (broad SMARTS) is 1. The highest BCUT2D eigenvalue weighted by atomic mass is 16.5. The van der Waals surface area contributed by atoms with Gasteiger partial charge in [0.05, 0.1) is 12.9 Å². The molecular formula is C13H15NO3. The molecule has 17 heavy (non-hydrogen) atoms. The number of allylic oxidation sites excluding steroid dienone is 2. The lowest BCUT2D eigenvalue weighted by molar-refractivity contribution is 0.0690. The van der Waals surface area contributed by atoms with E-state index in [9.17, 15) is 4.79 Å². The zero-order valence-electron chi connectivity index (χ0n) is 10.2. The minimum absolute atomic E-state index is 0.00176. The van der Waals surface area contributed by atoms with E-state index < -0.39 is 5.97 Å². The summed E-state index contributed by atoms with van der Waals surface area (Å²) in [4.78, 5) is 15.0. The van der Waals surface area contributed by atoms with Crippen molar-refractivity contribution in [1.29, 1.82) is 0 Å². The van der Waals surface area contributed by atoms with Gasteiger partial charge in [0.2, 0.25) is 0 Å². The Kier molecular flexibility index (Phi) is 4.04. The molecule has 1 N–H and O–H groups in total. The third-order valence-corrected chi connectivity index (χ3v) is 2.32. The summed E-state index contributed by atoms with van der Waals surface area (Å²) in [5.74, 6) is -0.453. The SMILES string of the molecule is C=C(C)c1ccnc(C(=O)O)c1C=C(C)OC. The second kappa shape index (κ2) is 5.30. The number of nitrogens with zero attached hydrogens (tertiary/aromatic N) is 1. The molecule has 0 aliphatic rings. The molecule has 0 unspecified atom stereocenters. The van der Waals surface area contributed by atoms with Crippen molar-refractivity contribution in [1.82, 2.24) is 4.98 Å². The monoisotopic (exact) mass is 233 g/mol. The van der Waals surface area contributed by atoms with Crippen molar-refractivity contribution in [3.63, 3.8) is 0 Å². The van der Waals surface area contributed by atoms with Gasteiger partial charge in [0, 0.05) is 11.8 Å². The molecule has 0 atom stereocenters. The summed E-state index contributed by atoms with van der Waals surface area (Å²) in [6, 6.07) is 1.74. The van der Waals surface area contributed by atoms with E-state index in [1.54, 1.807) is 19.1 Å². The Bertz CT molecular complexity index is 457. The Morgan fingerprint density at radius 1 is 1.53 bits per heavy atom. The molecule has 0 amide bonds. The van der Waals surface area contributed by atoms with Crippen molar-refractivity contribution in [3.8, 4) is 0 Å². The van der Waals surface area contributed by atoms with Gasteiger partial charge in [-0.15, -0.1) is 0 Å². The summed E-state index contributed by atoms with van der Waals surface area (Å²) in [6.45, 7) is 7.40. The van der Waals surface area contributed by atoms with Gasteiger partial charge in [-0.05, 0) is 31.6 Å². The van der Waals surface area contributed by atoms with Crippen molar-refractivity contribution >= 4 is 17.6 Å². The number of rotatable bonds is 4. The minimum atomic E-state index is -1.07. The van der Waals surface area contributed by atoms with Crippen molar-refractivity contribution in [2.75, 3.05) is 7.11 Å². The molecule has 0 radical (unpaired) electrons. The Labute approximate surface area is 100 Å². The molecule has 0 spiro atoms. The average Bonchev–Trinajstić information content (AvgIpc) is 2.28. The van der Waals surface area contributed by atoms with E-state index in [-0.39, 0.29) is 5.69 Å². The van der Waals surface area contributed by atoms with Crippen LogP contribution in [-0.4, -0.2) is 23.2 Å². The van der Waals surface area contributed by atoms with Gasteiger partial charge in [-0.3, -0.25) is 0 Å². The van der Waals surface area contributed by atoms with Crippen LogP contribution in [0.2, 0.25) is 0 Å². The van der Waals surface area contributed by atoms with Crippen molar-refractivity contribution in [3.05, 3.63) is 41.4 Å². The first-order valence-corrected chi connectivity index (χ1v) is 5.07. The fourth-order valence-corrected chi connectivity index (χ4v) is 1.42. The first-order valence-electron chi connectivity index (χ1n) is 5.07. The first kappa shape index (κ1) is 13.0. The maximum atomic E-state index is 11.1. The van der Waals surface area contributed by atoms with Crippen LogP contribution < -0.4 is 0 Å². The van der Waals surface area contributed by atoms with Gasteiger partial charge in [-0.1, -0.05) is 12.2 Å². The van der Waals surface area contributed by atoms with E-state index in [0.29, 0.717) is 11.3 Å². The molecule has 0 aliphatic heterocycles. The topological polar surface area (TPSA) is 59.4 Å². The number of methoxy groups -OCH3 is 1. The lowest BCUT2D eigenvalue weighted by Crippen LogP contribution is -2.05. The van der Waals surface area contributed by atoms with Crippen LogP contribution >= 0.6 is 0 Å². The molecule has 0 bridgehead atoms. The Hall–Kier alpha value is -2.10. The molecule has 0 saturated carbocycles. The van der Waals surface area contributed by atoms with Crippen LogP contribution in [0.3, 0.4) is 0 Å². The number of carbonyl (C=O) groups is 1. The molecule has 1 aromatic heterocycles. The van der Waals surface area contributed by atoms with E-state index in [4.69, 9.17) is 9.84 Å². The fourth-order valence-electron chi connectivity index (χ4n) is 1.42. The number of hydrogen-bond donors (Lipinski definition) is 1. The molecule has 4 heteroatoms. The minimum Gasteiger partial charge on any atom is -0.501 e. The summed E-state index contributed by atoms with van der Waals surface area (Å²) in [5.41, 5.74) is 2.06. The van der Waals surface area contributed by atoms with Crippen LogP contribution in [0.15, 0.2) is 24.6 Å². The quantitative estimate of drug-likeness (QED) is 0.812. The molecule has 0 aromatic carbocycles. The summed E-state index contributed by atoms with van der Waals surface area (Å²) in [5, 5.41) is 9.10. The molecule has 0 fully saturated rings. The highest BCUT2D eigenvalue weighted by Crippen LogP contribution is 2.22. The zero-order chi connectivity index (χ0) is 13.0. The van der Waals surface area contributed by atoms with Gasteiger partial charge in [-0.25, -0.2) is 9.78 Å². The summed E-state index contributed by atoms with van der Waals surface area (Å²) >= 11 is 0. The Morgan fingerprint density at radius 3 is 2.65 bits per heavy atom. The van der Waals surface area contributed by atoms with Crippen LogP contribution in [0.4, 0.5) is 0 Å². The molecule has 1 aromatic rings. The largest absolute Gasteiger partial charge is 0.501 e. The summed E-state index contributed by atoms with van der Waals surface area (Å²) in [7, 11) is 1.53. The fraction of sp³-hybridized carbons (Fsp3) is 0.231. The van der Waals surface area contributed by atoms with Crippen LogP contribution in [0, 0.1) is 0 Å². The standard InChI is InChI=1S/C13H15NO3/c1-8(2)10-5-6-14-12(13(15)16)11(10)7-9(3)17-4/h5-7H,1H2,2-4H3,(H,15,16). The summed E-state index contributed by atoms with van der Waals surface area (Å²) in [6.07, 6.45) is 3.12. The first-order chi connectivity index (χ1) is 7.97. The second-order valence-electron chi connectivity index (χ2n) is 3.67. The second-order valence-corrected chi connectivity index (χ2v) is 3.67. The molecule has 1 rings (SSSR count). The zero-order valence-corrected chi connectivity index (χ0v) is 10.2. The van der Waals surface area contributed by atoms with Gasteiger partial charge in [-0.2, -0.15) is 0 Å². The molecular weight excluding hydrogens is 218 g/mol. The lowest BCUT2D eigenvalue weighted by Gasteiger charge is -2.09. The molecule has 1 heterocycles. The van der Waals surface area contributed by atoms with Gasteiger partial charge in [0.15, 0.2) is 5.69 Å². The maximum Gasteiger partial charge on any atom is 0.355 e. The number of hydrogen-bond acceptors (Lipinski definition) is 3. The van der Waals surface area contributed by atoms with E-state index in [0.717, 1.165) is 11.1 Å². The Balaban J connectivity index is 3.49. The van der Waals surface area contributed by atoms with Crippen LogP contribution in [0.5, 0.6) is 0 Å². The van der Waals surface area contributed by atoms with E-state index in [1.807, 2.05) is 6.92 Å². The normalized spacial score (nSPS) is 11.1. The highest BCUT2D eigenvalue weighted by molar-refractivity contribution is 5.92. The molecule has 90 valence electrons. The number of aromatic nitrogens is 1. The smallest absolute Gasteiger partial charge is 0.355 e. The highest BCUT2D eigenvalue weighted by Gasteiger charge is 2.14. The van der Waals surface area contributed by atoms with Gasteiger partial charge in [0.25, 0.3) is 0 Å². The van der Waals surface area contributed by atoms with Gasteiger partial charge < -0.3 is 9.84 Å². The lowest BCUT2D eigenvalue weighted by atomic mass is 10.0. The predicted molar refractivity (Wildman–Crippen MR) is 66.6 cm³/mol. The van der Waals surface area contributed by atoms with E-state index >= 15 is 0 Å². The van der Waals surface area contributed by atoms with Crippen molar-refractivity contribution < 1.29 is 14.6 Å². The van der Waals surface area contributed by atoms with Crippen LogP contribution in [0.25, 0.3) is 11.6 Å². The third-order valence-electron chi connectivity index (χ3n) is 2.32. The van der Waals surface area contributed by atoms with E-state index in [1.165, 1.54) is 13.3 Å². The predicted octanol–water partition coefficient (Wildman–Crippen LogP) is 2.82. The number of carboxylic acids is 1. The average molecular weight is 233 g/mol. The van der Waals surface area contributed by atoms with Gasteiger partial charge in [0.1, 0.15) is 0 Å². The molecule has 0 aliphatic carbocycles. The number of pyridine rings is 1. The van der Waals surface area contributed by atoms with Crippen molar-refractivity contribution in [2.24, 2.45) is 0 Å². The molecule has 4 nitrogen and oxygen atoms in total. The third kappa shape index (κ3) is 2.93. The van der Waals surface area contributed by atoms with Crippen molar-refractivity contribution in [2.45, 2.75) is 13.8 Å². The Morgan fingerprint density at radius 2 is 2.18 bits per heavy atom. The maximum absolute atomic E-state index is 11.1. The molecule has 0 saturated heterocycles. The van der Waals surface area contributed by atoms with Crippen LogP contribution in [-0.2, 0) is 4.74 Å².